The Morgan fingerprint density at radius 3 is 2.94 bits per heavy atom. The van der Waals surface area contributed by atoms with Crippen LogP contribution in [0.3, 0.4) is 0 Å². The van der Waals surface area contributed by atoms with Gasteiger partial charge in [-0.3, -0.25) is 9.59 Å². The maximum absolute atomic E-state index is 12.0. The maximum Gasteiger partial charge on any atom is 0.283 e. The van der Waals surface area contributed by atoms with E-state index in [0.717, 1.165) is 12.8 Å². The summed E-state index contributed by atoms with van der Waals surface area (Å²) >= 11 is 3.23. The summed E-state index contributed by atoms with van der Waals surface area (Å²) in [5, 5.41) is 6.94. The van der Waals surface area contributed by atoms with Crippen LogP contribution in [0.2, 0.25) is 0 Å². The number of carbonyl (C=O) groups excluding carboxylic acids is 1. The number of nitrogens with zero attached hydrogens (tertiary/aromatic N) is 2. The molecule has 0 saturated heterocycles. The normalized spacial score (nSPS) is 16.3. The molecule has 7 heteroatoms. The van der Waals surface area contributed by atoms with Crippen molar-refractivity contribution in [2.75, 3.05) is 5.32 Å². The van der Waals surface area contributed by atoms with Crippen molar-refractivity contribution in [3.63, 3.8) is 0 Å². The summed E-state index contributed by atoms with van der Waals surface area (Å²) in [6.07, 6.45) is 3.85. The van der Waals surface area contributed by atoms with Gasteiger partial charge in [-0.25, -0.2) is 4.68 Å². The first-order chi connectivity index (χ1) is 8.49. The molecule has 2 rings (SSSR count). The summed E-state index contributed by atoms with van der Waals surface area (Å²) in [6, 6.07) is -0.554. The minimum Gasteiger partial charge on any atom is -0.372 e. The van der Waals surface area contributed by atoms with Gasteiger partial charge in [0.1, 0.15) is 10.5 Å². The van der Waals surface area contributed by atoms with Crippen molar-refractivity contribution >= 4 is 27.5 Å². The number of anilines is 1. The predicted molar refractivity (Wildman–Crippen MR) is 71.2 cm³/mol. The molecule has 0 aliphatic heterocycles. The number of aromatic nitrogens is 2. The molecule has 1 fully saturated rings. The lowest BCUT2D eigenvalue weighted by Crippen LogP contribution is -2.34. The molecule has 0 spiro atoms. The van der Waals surface area contributed by atoms with Crippen LogP contribution >= 0.6 is 15.9 Å². The SMILES string of the molecule is CC(Nc1cnn(CC2CC2)c(=O)c1Br)C(N)=O. The summed E-state index contributed by atoms with van der Waals surface area (Å²) in [6.45, 7) is 2.29. The van der Waals surface area contributed by atoms with Crippen molar-refractivity contribution in [3.05, 3.63) is 21.0 Å². The van der Waals surface area contributed by atoms with Crippen LogP contribution < -0.4 is 16.6 Å². The van der Waals surface area contributed by atoms with Gasteiger partial charge >= 0.3 is 0 Å². The minimum atomic E-state index is -0.554. The minimum absolute atomic E-state index is 0.191. The van der Waals surface area contributed by atoms with E-state index in [0.29, 0.717) is 22.6 Å². The maximum atomic E-state index is 12.0. The molecule has 1 aliphatic rings. The molecule has 1 aromatic heterocycles. The summed E-state index contributed by atoms with van der Waals surface area (Å²) in [7, 11) is 0. The second kappa shape index (κ2) is 5.09. The van der Waals surface area contributed by atoms with Gasteiger partial charge in [-0.1, -0.05) is 0 Å². The lowest BCUT2D eigenvalue weighted by molar-refractivity contribution is -0.118. The number of carbonyl (C=O) groups is 1. The van der Waals surface area contributed by atoms with E-state index < -0.39 is 11.9 Å². The molecule has 18 heavy (non-hydrogen) atoms. The highest BCUT2D eigenvalue weighted by molar-refractivity contribution is 9.10. The number of amides is 1. The number of rotatable bonds is 5. The van der Waals surface area contributed by atoms with Crippen molar-refractivity contribution in [1.82, 2.24) is 9.78 Å². The topological polar surface area (TPSA) is 90.0 Å². The third-order valence-electron chi connectivity index (χ3n) is 2.91. The van der Waals surface area contributed by atoms with E-state index in [2.05, 4.69) is 26.3 Å². The molecule has 98 valence electrons. The fourth-order valence-corrected chi connectivity index (χ4v) is 1.97. The average molecular weight is 315 g/mol. The Balaban J connectivity index is 2.19. The first-order valence-electron chi connectivity index (χ1n) is 5.80. The summed E-state index contributed by atoms with van der Waals surface area (Å²) in [5.41, 5.74) is 5.45. The van der Waals surface area contributed by atoms with Crippen molar-refractivity contribution in [1.29, 1.82) is 0 Å². The molecule has 0 radical (unpaired) electrons. The zero-order valence-electron chi connectivity index (χ0n) is 10.0. The van der Waals surface area contributed by atoms with Gasteiger partial charge in [0, 0.05) is 6.54 Å². The molecular formula is C11H15BrN4O2. The summed E-state index contributed by atoms with van der Waals surface area (Å²) in [4.78, 5) is 23.0. The highest BCUT2D eigenvalue weighted by atomic mass is 79.9. The highest BCUT2D eigenvalue weighted by Crippen LogP contribution is 2.30. The van der Waals surface area contributed by atoms with Gasteiger partial charge < -0.3 is 11.1 Å². The largest absolute Gasteiger partial charge is 0.372 e. The Labute approximate surface area is 113 Å². The van der Waals surface area contributed by atoms with E-state index in [9.17, 15) is 9.59 Å². The molecule has 0 bridgehead atoms. The van der Waals surface area contributed by atoms with E-state index in [1.54, 1.807) is 6.92 Å². The van der Waals surface area contributed by atoms with Gasteiger partial charge in [-0.15, -0.1) is 0 Å². The van der Waals surface area contributed by atoms with E-state index in [4.69, 9.17) is 5.73 Å². The van der Waals surface area contributed by atoms with Gasteiger partial charge in [-0.05, 0) is 41.6 Å². The predicted octanol–water partition coefficient (Wildman–Crippen LogP) is 0.701. The Morgan fingerprint density at radius 2 is 2.39 bits per heavy atom. The molecule has 1 atom stereocenters. The van der Waals surface area contributed by atoms with Gasteiger partial charge in [0.05, 0.1) is 11.9 Å². The van der Waals surface area contributed by atoms with Crippen LogP contribution in [-0.4, -0.2) is 21.7 Å². The molecule has 1 saturated carbocycles. The monoisotopic (exact) mass is 314 g/mol. The Kier molecular flexibility index (Phi) is 3.70. The summed E-state index contributed by atoms with van der Waals surface area (Å²) < 4.78 is 1.83. The number of nitrogens with one attached hydrogen (secondary N) is 1. The lowest BCUT2D eigenvalue weighted by Gasteiger charge is -2.13. The van der Waals surface area contributed by atoms with Gasteiger partial charge in [0.25, 0.3) is 5.56 Å². The summed E-state index contributed by atoms with van der Waals surface area (Å²) in [5.74, 6) is 0.0921. The van der Waals surface area contributed by atoms with Gasteiger partial charge in [0.2, 0.25) is 5.91 Å². The van der Waals surface area contributed by atoms with Crippen LogP contribution in [0.4, 0.5) is 5.69 Å². The Bertz CT molecular complexity index is 524. The zero-order chi connectivity index (χ0) is 13.3. The molecule has 6 nitrogen and oxygen atoms in total. The molecule has 3 N–H and O–H groups in total. The number of primary amides is 1. The number of halogens is 1. The molecule has 1 heterocycles. The van der Waals surface area contributed by atoms with Crippen molar-refractivity contribution in [2.24, 2.45) is 11.7 Å². The average Bonchev–Trinajstić information content (AvgIpc) is 3.12. The Morgan fingerprint density at radius 1 is 1.72 bits per heavy atom. The third-order valence-corrected chi connectivity index (χ3v) is 3.68. The fourth-order valence-electron chi connectivity index (χ4n) is 1.55. The standard InChI is InChI=1S/C11H15BrN4O2/c1-6(10(13)17)15-8-4-14-16(5-7-2-3-7)11(18)9(8)12/h4,6-7,15H,2-3,5H2,1H3,(H2,13,17). The van der Waals surface area contributed by atoms with Crippen molar-refractivity contribution in [2.45, 2.75) is 32.4 Å². The smallest absolute Gasteiger partial charge is 0.283 e. The van der Waals surface area contributed by atoms with Crippen LogP contribution in [0, 0.1) is 5.92 Å². The van der Waals surface area contributed by atoms with Crippen LogP contribution in [0.5, 0.6) is 0 Å². The van der Waals surface area contributed by atoms with Crippen LogP contribution in [0.25, 0.3) is 0 Å². The van der Waals surface area contributed by atoms with E-state index >= 15 is 0 Å². The van der Waals surface area contributed by atoms with Gasteiger partial charge in [0.15, 0.2) is 0 Å². The molecule has 1 aromatic rings. The van der Waals surface area contributed by atoms with Crippen molar-refractivity contribution in [3.8, 4) is 0 Å². The fraction of sp³-hybridized carbons (Fsp3) is 0.545. The van der Waals surface area contributed by atoms with Crippen LogP contribution in [-0.2, 0) is 11.3 Å². The highest BCUT2D eigenvalue weighted by Gasteiger charge is 2.23. The number of nitrogens with two attached hydrogens (primary N) is 1. The second-order valence-electron chi connectivity index (χ2n) is 4.57. The molecule has 1 amide bonds. The first-order valence-corrected chi connectivity index (χ1v) is 6.60. The van der Waals surface area contributed by atoms with Crippen molar-refractivity contribution < 1.29 is 4.79 Å². The van der Waals surface area contributed by atoms with Gasteiger partial charge in [-0.2, -0.15) is 5.10 Å². The Hall–Kier alpha value is -1.37. The number of hydrogen-bond donors (Lipinski definition) is 2. The second-order valence-corrected chi connectivity index (χ2v) is 5.36. The number of hydrogen-bond acceptors (Lipinski definition) is 4. The first kappa shape index (κ1) is 13.1. The van der Waals surface area contributed by atoms with E-state index in [1.807, 2.05) is 0 Å². The molecule has 1 aliphatic carbocycles. The molecule has 0 aromatic carbocycles. The quantitative estimate of drug-likeness (QED) is 0.837. The van der Waals surface area contributed by atoms with Crippen LogP contribution in [0.1, 0.15) is 19.8 Å². The van der Waals surface area contributed by atoms with E-state index in [1.165, 1.54) is 10.9 Å². The lowest BCUT2D eigenvalue weighted by atomic mass is 10.3. The zero-order valence-corrected chi connectivity index (χ0v) is 11.6. The third kappa shape index (κ3) is 2.90. The molecule has 1 unspecified atom stereocenters. The van der Waals surface area contributed by atoms with Crippen LogP contribution in [0.15, 0.2) is 15.5 Å². The van der Waals surface area contributed by atoms with E-state index in [-0.39, 0.29) is 5.56 Å². The molecular weight excluding hydrogens is 300 g/mol.